The summed E-state index contributed by atoms with van der Waals surface area (Å²) >= 11 is 0. The molecule has 1 aliphatic rings. The monoisotopic (exact) mass is 494 g/mol. The van der Waals surface area contributed by atoms with Gasteiger partial charge in [0.1, 0.15) is 0 Å². The Morgan fingerprint density at radius 2 is 1.57 bits per heavy atom. The van der Waals surface area contributed by atoms with Crippen LogP contribution in [0.2, 0.25) is 0 Å². The topological polar surface area (TPSA) is 101 Å². The van der Waals surface area contributed by atoms with E-state index in [4.69, 9.17) is 0 Å². The van der Waals surface area contributed by atoms with Crippen LogP contribution in [0.15, 0.2) is 70.3 Å². The number of rotatable bonds is 2. The summed E-state index contributed by atoms with van der Waals surface area (Å²) in [6.07, 6.45) is 0. The third-order valence-electron chi connectivity index (χ3n) is 7.44. The fourth-order valence-electron chi connectivity index (χ4n) is 5.41. The summed E-state index contributed by atoms with van der Waals surface area (Å²) in [6.45, 7) is 4.06. The van der Waals surface area contributed by atoms with Gasteiger partial charge in [0.15, 0.2) is 11.5 Å². The molecule has 6 rings (SSSR count). The molecule has 186 valence electrons. The first-order chi connectivity index (χ1) is 17.7. The molecule has 8 nitrogen and oxygen atoms in total. The van der Waals surface area contributed by atoms with Crippen LogP contribution in [0.5, 0.6) is 11.5 Å². The van der Waals surface area contributed by atoms with Crippen LogP contribution in [0.3, 0.4) is 0 Å². The maximum absolute atomic E-state index is 13.7. The normalized spacial score (nSPS) is 14.3. The van der Waals surface area contributed by atoms with E-state index < -0.39 is 17.3 Å². The molecular formula is C29H26N4O4. The Balaban J connectivity index is 1.89. The Morgan fingerprint density at radius 1 is 0.865 bits per heavy atom. The van der Waals surface area contributed by atoms with Crippen molar-refractivity contribution in [2.24, 2.45) is 14.1 Å². The van der Waals surface area contributed by atoms with Gasteiger partial charge < -0.3 is 20.1 Å². The molecule has 5 aromatic rings. The first-order valence-electron chi connectivity index (χ1n) is 12.0. The molecule has 1 aliphatic heterocycles. The average molecular weight is 495 g/mol. The van der Waals surface area contributed by atoms with E-state index in [9.17, 15) is 19.8 Å². The zero-order chi connectivity index (χ0) is 26.2. The lowest BCUT2D eigenvalue weighted by molar-refractivity contribution is 0.398. The second-order valence-corrected chi connectivity index (χ2v) is 9.61. The second-order valence-electron chi connectivity index (χ2n) is 9.61. The molecule has 8 heteroatoms. The number of benzene rings is 3. The van der Waals surface area contributed by atoms with Gasteiger partial charge in [0.25, 0.3) is 5.56 Å². The van der Waals surface area contributed by atoms with E-state index in [2.05, 4.69) is 11.4 Å². The zero-order valence-corrected chi connectivity index (χ0v) is 20.9. The minimum absolute atomic E-state index is 0.249. The molecule has 0 radical (unpaired) electrons. The molecule has 0 bridgehead atoms. The van der Waals surface area contributed by atoms with E-state index in [-0.39, 0.29) is 11.5 Å². The maximum atomic E-state index is 13.7. The van der Waals surface area contributed by atoms with Crippen molar-refractivity contribution < 1.29 is 10.2 Å². The molecule has 1 atom stereocenters. The number of hydrogen-bond donors (Lipinski definition) is 3. The van der Waals surface area contributed by atoms with Gasteiger partial charge in [0.05, 0.1) is 39.7 Å². The minimum Gasteiger partial charge on any atom is -0.504 e. The number of phenolic OH excluding ortho intramolecular Hbond substituents is 2. The molecular weight excluding hydrogens is 468 g/mol. The van der Waals surface area contributed by atoms with Crippen molar-refractivity contribution in [2.45, 2.75) is 19.9 Å². The standard InChI is InChI=1S/C29H26N4O4/c1-15-13-19-20(14-16(15)2)33-24(17-9-6-5-7-10-17)22-25(31(3)29(37)32(4)28(22)36)26(33)23(30-19)18-11-8-12-21(34)27(18)35/h5-14,23,30,34-35H,1-4H3/t23-/m1/s1. The van der Waals surface area contributed by atoms with E-state index in [1.807, 2.05) is 54.8 Å². The number of aryl methyl sites for hydroxylation is 3. The quantitative estimate of drug-likeness (QED) is 0.319. The summed E-state index contributed by atoms with van der Waals surface area (Å²) in [5.41, 5.74) is 5.95. The van der Waals surface area contributed by atoms with Crippen LogP contribution >= 0.6 is 0 Å². The zero-order valence-electron chi connectivity index (χ0n) is 20.9. The number of nitrogens with zero attached hydrogens (tertiary/aromatic N) is 3. The van der Waals surface area contributed by atoms with Crippen LogP contribution in [0.25, 0.3) is 27.8 Å². The lowest BCUT2D eigenvalue weighted by Crippen LogP contribution is -2.37. The van der Waals surface area contributed by atoms with Crippen molar-refractivity contribution in [3.05, 3.63) is 104 Å². The second kappa shape index (κ2) is 7.89. The highest BCUT2D eigenvalue weighted by Gasteiger charge is 2.36. The molecule has 3 N–H and O–H groups in total. The lowest BCUT2D eigenvalue weighted by Gasteiger charge is -2.32. The number of phenols is 2. The van der Waals surface area contributed by atoms with E-state index in [0.717, 1.165) is 32.6 Å². The van der Waals surface area contributed by atoms with Crippen LogP contribution in [-0.2, 0) is 14.1 Å². The fraction of sp³-hybridized carbons (Fsp3) is 0.172. The smallest absolute Gasteiger partial charge is 0.331 e. The van der Waals surface area contributed by atoms with Crippen LogP contribution in [-0.4, -0.2) is 23.9 Å². The SMILES string of the molecule is Cc1cc2c(cc1C)-n1c(-c3ccccc3)c3c(=O)n(C)c(=O)n(C)c3c1[C@@H](c1cccc(O)c1O)N2. The Kier molecular flexibility index (Phi) is 4.85. The molecule has 0 fully saturated rings. The fourth-order valence-corrected chi connectivity index (χ4v) is 5.41. The number of hydrogen-bond acceptors (Lipinski definition) is 5. The Hall–Kier alpha value is -4.72. The highest BCUT2D eigenvalue weighted by molar-refractivity contribution is 5.99. The van der Waals surface area contributed by atoms with E-state index in [0.29, 0.717) is 27.9 Å². The van der Waals surface area contributed by atoms with Gasteiger partial charge in [-0.3, -0.25) is 13.9 Å². The maximum Gasteiger partial charge on any atom is 0.331 e. The molecule has 0 saturated carbocycles. The molecule has 2 aromatic heterocycles. The number of para-hydroxylation sites is 1. The van der Waals surface area contributed by atoms with Crippen molar-refractivity contribution >= 4 is 16.6 Å². The number of fused-ring (bicyclic) bond motifs is 5. The summed E-state index contributed by atoms with van der Waals surface area (Å²) in [5, 5.41) is 25.2. The van der Waals surface area contributed by atoms with Crippen molar-refractivity contribution in [3.63, 3.8) is 0 Å². The van der Waals surface area contributed by atoms with Gasteiger partial charge in [0, 0.05) is 19.7 Å². The predicted octanol–water partition coefficient (Wildman–Crippen LogP) is 4.24. The number of nitrogens with one attached hydrogen (secondary N) is 1. The van der Waals surface area contributed by atoms with Gasteiger partial charge in [-0.05, 0) is 48.7 Å². The third kappa shape index (κ3) is 3.08. The average Bonchev–Trinajstić information content (AvgIpc) is 3.25. The van der Waals surface area contributed by atoms with Gasteiger partial charge in [0.2, 0.25) is 0 Å². The van der Waals surface area contributed by atoms with E-state index in [1.165, 1.54) is 17.7 Å². The highest BCUT2D eigenvalue weighted by atomic mass is 16.3. The largest absolute Gasteiger partial charge is 0.504 e. The Labute approximate surface area is 212 Å². The number of aromatic nitrogens is 3. The van der Waals surface area contributed by atoms with Gasteiger partial charge >= 0.3 is 5.69 Å². The summed E-state index contributed by atoms with van der Waals surface area (Å²) < 4.78 is 4.62. The van der Waals surface area contributed by atoms with Crippen molar-refractivity contribution in [3.8, 4) is 28.4 Å². The van der Waals surface area contributed by atoms with Gasteiger partial charge in [-0.25, -0.2) is 4.79 Å². The van der Waals surface area contributed by atoms with Gasteiger partial charge in [-0.15, -0.1) is 0 Å². The molecule has 0 unspecified atom stereocenters. The van der Waals surface area contributed by atoms with Crippen molar-refractivity contribution in [1.82, 2.24) is 13.7 Å². The highest BCUT2D eigenvalue weighted by Crippen LogP contribution is 2.48. The molecule has 37 heavy (non-hydrogen) atoms. The summed E-state index contributed by atoms with van der Waals surface area (Å²) in [5.74, 6) is -0.510. The van der Waals surface area contributed by atoms with E-state index >= 15 is 0 Å². The summed E-state index contributed by atoms with van der Waals surface area (Å²) in [6, 6.07) is 17.9. The number of anilines is 1. The summed E-state index contributed by atoms with van der Waals surface area (Å²) in [7, 11) is 3.13. The van der Waals surface area contributed by atoms with Crippen molar-refractivity contribution in [1.29, 1.82) is 0 Å². The molecule has 0 amide bonds. The van der Waals surface area contributed by atoms with Crippen LogP contribution in [0, 0.1) is 13.8 Å². The number of aromatic hydroxyl groups is 2. The predicted molar refractivity (Wildman–Crippen MR) is 144 cm³/mol. The van der Waals surface area contributed by atoms with Crippen molar-refractivity contribution in [2.75, 3.05) is 5.32 Å². The minimum atomic E-state index is -0.667. The molecule has 0 spiro atoms. The Bertz CT molecular complexity index is 1860. The van der Waals surface area contributed by atoms with Crippen LogP contribution < -0.4 is 16.6 Å². The van der Waals surface area contributed by atoms with Crippen LogP contribution in [0.4, 0.5) is 5.69 Å². The van der Waals surface area contributed by atoms with Gasteiger partial charge in [-0.2, -0.15) is 0 Å². The first-order valence-corrected chi connectivity index (χ1v) is 12.0. The Morgan fingerprint density at radius 3 is 2.30 bits per heavy atom. The third-order valence-corrected chi connectivity index (χ3v) is 7.44. The van der Waals surface area contributed by atoms with Gasteiger partial charge in [-0.1, -0.05) is 42.5 Å². The molecule has 3 aromatic carbocycles. The lowest BCUT2D eigenvalue weighted by atomic mass is 9.97. The molecule has 0 aliphatic carbocycles. The first kappa shape index (κ1) is 22.7. The molecule has 0 saturated heterocycles. The van der Waals surface area contributed by atoms with Crippen LogP contribution in [0.1, 0.15) is 28.4 Å². The van der Waals surface area contributed by atoms with E-state index in [1.54, 1.807) is 19.2 Å². The summed E-state index contributed by atoms with van der Waals surface area (Å²) in [4.78, 5) is 26.9. The molecule has 3 heterocycles.